The number of hydrogen-bond donors (Lipinski definition) is 1. The van der Waals surface area contributed by atoms with Gasteiger partial charge in [-0.05, 0) is 43.5 Å². The second-order valence-electron chi connectivity index (χ2n) is 5.55. The highest BCUT2D eigenvalue weighted by Gasteiger charge is 2.33. The number of likely N-dealkylation sites (tertiary alicyclic amines) is 1. The van der Waals surface area contributed by atoms with E-state index in [1.807, 2.05) is 6.92 Å². The third kappa shape index (κ3) is 4.22. The molecule has 0 aromatic heterocycles. The summed E-state index contributed by atoms with van der Waals surface area (Å²) in [4.78, 5) is 26.1. The number of rotatable bonds is 5. The second-order valence-corrected chi connectivity index (χ2v) is 6.64. The van der Waals surface area contributed by atoms with Gasteiger partial charge in [0.2, 0.25) is 5.91 Å². The van der Waals surface area contributed by atoms with Gasteiger partial charge in [-0.1, -0.05) is 6.92 Å². The van der Waals surface area contributed by atoms with E-state index in [2.05, 4.69) is 0 Å². The van der Waals surface area contributed by atoms with E-state index in [0.717, 1.165) is 17.7 Å². The van der Waals surface area contributed by atoms with Crippen molar-refractivity contribution >= 4 is 23.6 Å². The first-order valence-corrected chi connectivity index (χ1v) is 8.39. The van der Waals surface area contributed by atoms with Crippen LogP contribution in [0, 0.1) is 11.7 Å². The van der Waals surface area contributed by atoms with Gasteiger partial charge in [-0.3, -0.25) is 4.79 Å². The summed E-state index contributed by atoms with van der Waals surface area (Å²) in [6.07, 6.45) is 2.23. The summed E-state index contributed by atoms with van der Waals surface area (Å²) < 4.78 is 12.8. The number of halogens is 1. The van der Waals surface area contributed by atoms with Gasteiger partial charge in [-0.15, -0.1) is 11.8 Å². The average molecular weight is 325 g/mol. The van der Waals surface area contributed by atoms with Crippen LogP contribution in [0.5, 0.6) is 0 Å². The molecule has 0 spiro atoms. The zero-order chi connectivity index (χ0) is 16.1. The molecule has 0 saturated carbocycles. The smallest absolute Gasteiger partial charge is 0.326 e. The quantitative estimate of drug-likeness (QED) is 0.846. The van der Waals surface area contributed by atoms with Crippen LogP contribution in [0.1, 0.15) is 26.2 Å². The summed E-state index contributed by atoms with van der Waals surface area (Å²) >= 11 is 1.48. The molecule has 1 aliphatic rings. The van der Waals surface area contributed by atoms with Crippen LogP contribution in [0.3, 0.4) is 0 Å². The predicted octanol–water partition coefficient (Wildman–Crippen LogP) is 3.02. The molecule has 1 fully saturated rings. The van der Waals surface area contributed by atoms with Gasteiger partial charge in [-0.2, -0.15) is 0 Å². The number of carbonyl (C=O) groups excluding carboxylic acids is 1. The normalized spacial score (nSPS) is 19.7. The minimum absolute atomic E-state index is 0.110. The number of carboxylic acid groups (broad SMARTS) is 1. The first-order chi connectivity index (χ1) is 10.5. The number of thioether (sulfide) groups is 1. The highest BCUT2D eigenvalue weighted by atomic mass is 32.2. The van der Waals surface area contributed by atoms with E-state index in [1.165, 1.54) is 28.8 Å². The predicted molar refractivity (Wildman–Crippen MR) is 83.3 cm³/mol. The van der Waals surface area contributed by atoms with Crippen LogP contribution < -0.4 is 0 Å². The van der Waals surface area contributed by atoms with Gasteiger partial charge in [0.25, 0.3) is 0 Å². The number of amides is 1. The van der Waals surface area contributed by atoms with Crippen molar-refractivity contribution in [2.75, 3.05) is 12.3 Å². The van der Waals surface area contributed by atoms with Crippen LogP contribution in [0.2, 0.25) is 0 Å². The highest BCUT2D eigenvalue weighted by Crippen LogP contribution is 2.24. The van der Waals surface area contributed by atoms with Crippen LogP contribution in [-0.2, 0) is 9.59 Å². The monoisotopic (exact) mass is 325 g/mol. The van der Waals surface area contributed by atoms with Crippen molar-refractivity contribution in [2.24, 2.45) is 5.92 Å². The molecule has 1 aromatic carbocycles. The minimum atomic E-state index is -0.925. The molecule has 2 unspecified atom stereocenters. The second kappa shape index (κ2) is 7.63. The fourth-order valence-electron chi connectivity index (χ4n) is 2.56. The fourth-order valence-corrected chi connectivity index (χ4v) is 3.47. The van der Waals surface area contributed by atoms with Crippen molar-refractivity contribution < 1.29 is 19.1 Å². The Labute approximate surface area is 133 Å². The number of carbonyl (C=O) groups is 2. The van der Waals surface area contributed by atoms with Crippen molar-refractivity contribution in [3.05, 3.63) is 30.1 Å². The molecule has 120 valence electrons. The maximum Gasteiger partial charge on any atom is 0.326 e. The SMILES string of the molecule is CC(CSc1ccc(F)cc1)C(=O)N1CCCCC1C(=O)O. The van der Waals surface area contributed by atoms with Gasteiger partial charge in [0.1, 0.15) is 11.9 Å². The molecule has 2 atom stereocenters. The number of hydrogen-bond acceptors (Lipinski definition) is 3. The lowest BCUT2D eigenvalue weighted by Crippen LogP contribution is -2.50. The van der Waals surface area contributed by atoms with Crippen LogP contribution in [0.4, 0.5) is 4.39 Å². The maximum atomic E-state index is 12.8. The molecule has 0 radical (unpaired) electrons. The molecular formula is C16H20FNO3S. The van der Waals surface area contributed by atoms with E-state index < -0.39 is 12.0 Å². The van der Waals surface area contributed by atoms with E-state index in [1.54, 1.807) is 12.1 Å². The fraction of sp³-hybridized carbons (Fsp3) is 0.500. The zero-order valence-electron chi connectivity index (χ0n) is 12.5. The van der Waals surface area contributed by atoms with Crippen molar-refractivity contribution in [2.45, 2.75) is 37.1 Å². The Hall–Kier alpha value is -1.56. The Morgan fingerprint density at radius 3 is 2.68 bits per heavy atom. The number of aliphatic carboxylic acids is 1. The molecule has 22 heavy (non-hydrogen) atoms. The van der Waals surface area contributed by atoms with Crippen LogP contribution in [0.15, 0.2) is 29.2 Å². The maximum absolute atomic E-state index is 12.8. The summed E-state index contributed by atoms with van der Waals surface area (Å²) in [5.74, 6) is -1.04. The summed E-state index contributed by atoms with van der Waals surface area (Å²) in [5.41, 5.74) is 0. The standard InChI is InChI=1S/C16H20FNO3S/c1-11(10-22-13-7-5-12(17)6-8-13)15(19)18-9-3-2-4-14(18)16(20)21/h5-8,11,14H,2-4,9-10H2,1H3,(H,20,21). The molecule has 6 heteroatoms. The largest absolute Gasteiger partial charge is 0.480 e. The Kier molecular flexibility index (Phi) is 5.83. The van der Waals surface area contributed by atoms with Gasteiger partial charge in [0.15, 0.2) is 0 Å². The van der Waals surface area contributed by atoms with Crippen molar-refractivity contribution in [1.29, 1.82) is 0 Å². The topological polar surface area (TPSA) is 57.6 Å². The highest BCUT2D eigenvalue weighted by molar-refractivity contribution is 7.99. The number of nitrogens with zero attached hydrogens (tertiary/aromatic N) is 1. The number of carboxylic acids is 1. The van der Waals surface area contributed by atoms with E-state index in [0.29, 0.717) is 18.7 Å². The summed E-state index contributed by atoms with van der Waals surface area (Å²) in [6, 6.07) is 5.44. The molecule has 0 bridgehead atoms. The molecule has 1 aliphatic heterocycles. The van der Waals surface area contributed by atoms with E-state index in [4.69, 9.17) is 0 Å². The van der Waals surface area contributed by atoms with Crippen LogP contribution >= 0.6 is 11.8 Å². The molecule has 4 nitrogen and oxygen atoms in total. The Morgan fingerprint density at radius 2 is 2.05 bits per heavy atom. The van der Waals surface area contributed by atoms with E-state index in [9.17, 15) is 19.1 Å². The van der Waals surface area contributed by atoms with Gasteiger partial charge in [-0.25, -0.2) is 9.18 Å². The molecule has 1 N–H and O–H groups in total. The van der Waals surface area contributed by atoms with Gasteiger partial charge >= 0.3 is 5.97 Å². The molecule has 1 aromatic rings. The third-order valence-corrected chi connectivity index (χ3v) is 5.08. The van der Waals surface area contributed by atoms with Crippen LogP contribution in [-0.4, -0.2) is 40.2 Å². The first-order valence-electron chi connectivity index (χ1n) is 7.40. The molecule has 1 amide bonds. The lowest BCUT2D eigenvalue weighted by atomic mass is 10.0. The molecule has 1 saturated heterocycles. The molecule has 2 rings (SSSR count). The Morgan fingerprint density at radius 1 is 1.36 bits per heavy atom. The minimum Gasteiger partial charge on any atom is -0.480 e. The molecule has 0 aliphatic carbocycles. The van der Waals surface area contributed by atoms with Crippen molar-refractivity contribution in [1.82, 2.24) is 4.90 Å². The Bertz CT molecular complexity index is 535. The van der Waals surface area contributed by atoms with Gasteiger partial charge < -0.3 is 10.0 Å². The summed E-state index contributed by atoms with van der Waals surface area (Å²) in [7, 11) is 0. The summed E-state index contributed by atoms with van der Waals surface area (Å²) in [5, 5.41) is 9.24. The Balaban J connectivity index is 1.93. The van der Waals surface area contributed by atoms with Crippen molar-refractivity contribution in [3.63, 3.8) is 0 Å². The van der Waals surface area contributed by atoms with E-state index in [-0.39, 0.29) is 17.6 Å². The first kappa shape index (κ1) is 16.8. The molecule has 1 heterocycles. The lowest BCUT2D eigenvalue weighted by Gasteiger charge is -2.34. The number of piperidine rings is 1. The van der Waals surface area contributed by atoms with Gasteiger partial charge in [0, 0.05) is 23.1 Å². The van der Waals surface area contributed by atoms with Gasteiger partial charge in [0.05, 0.1) is 0 Å². The third-order valence-electron chi connectivity index (χ3n) is 3.81. The molecular weight excluding hydrogens is 305 g/mol. The van der Waals surface area contributed by atoms with Crippen molar-refractivity contribution in [3.8, 4) is 0 Å². The lowest BCUT2D eigenvalue weighted by molar-refractivity contribution is -0.153. The summed E-state index contributed by atoms with van der Waals surface area (Å²) in [6.45, 7) is 2.33. The van der Waals surface area contributed by atoms with E-state index >= 15 is 0 Å². The zero-order valence-corrected chi connectivity index (χ0v) is 13.3. The van der Waals surface area contributed by atoms with Crippen LogP contribution in [0.25, 0.3) is 0 Å². The number of benzene rings is 1. The average Bonchev–Trinajstić information content (AvgIpc) is 2.53.